The molecule has 19 heavy (non-hydrogen) atoms. The van der Waals surface area contributed by atoms with Crippen LogP contribution < -0.4 is 5.73 Å². The summed E-state index contributed by atoms with van der Waals surface area (Å²) in [6.07, 6.45) is 8.33. The van der Waals surface area contributed by atoms with E-state index in [1.165, 1.54) is 58.2 Å². The lowest BCUT2D eigenvalue weighted by Crippen LogP contribution is -2.71. The Bertz CT molecular complexity index is 311. The zero-order chi connectivity index (χ0) is 13.5. The SMILES string of the molecule is CC1CCCC(N(C)C2(CN)CN3CCC2CC3)C1. The second-order valence-electron chi connectivity index (χ2n) is 7.39. The molecule has 3 heteroatoms. The lowest BCUT2D eigenvalue weighted by Gasteiger charge is -2.59. The van der Waals surface area contributed by atoms with Crippen molar-refractivity contribution in [1.82, 2.24) is 9.80 Å². The van der Waals surface area contributed by atoms with Gasteiger partial charge in [0.1, 0.15) is 0 Å². The molecule has 3 aliphatic heterocycles. The molecule has 110 valence electrons. The molecule has 1 saturated carbocycles. The average molecular weight is 265 g/mol. The van der Waals surface area contributed by atoms with Crippen LogP contribution in [0.2, 0.25) is 0 Å². The van der Waals surface area contributed by atoms with E-state index < -0.39 is 0 Å². The molecule has 2 N–H and O–H groups in total. The van der Waals surface area contributed by atoms with E-state index in [-0.39, 0.29) is 5.54 Å². The first kappa shape index (κ1) is 13.8. The van der Waals surface area contributed by atoms with Crippen LogP contribution in [-0.4, -0.2) is 54.6 Å². The van der Waals surface area contributed by atoms with Gasteiger partial charge in [-0.25, -0.2) is 0 Å². The number of nitrogens with zero attached hydrogens (tertiary/aromatic N) is 2. The molecule has 3 saturated heterocycles. The van der Waals surface area contributed by atoms with Gasteiger partial charge in [-0.05, 0) is 57.7 Å². The number of nitrogens with two attached hydrogens (primary N) is 1. The molecule has 0 radical (unpaired) electrons. The zero-order valence-corrected chi connectivity index (χ0v) is 12.8. The van der Waals surface area contributed by atoms with Crippen molar-refractivity contribution >= 4 is 0 Å². The molecule has 0 amide bonds. The fourth-order valence-electron chi connectivity index (χ4n) is 5.04. The third kappa shape index (κ3) is 2.34. The molecule has 0 aromatic carbocycles. The highest BCUT2D eigenvalue weighted by Crippen LogP contribution is 2.41. The van der Waals surface area contributed by atoms with Crippen molar-refractivity contribution in [3.8, 4) is 0 Å². The maximum atomic E-state index is 6.30. The third-order valence-corrected chi connectivity index (χ3v) is 6.36. The molecular weight excluding hydrogens is 234 g/mol. The van der Waals surface area contributed by atoms with Crippen molar-refractivity contribution in [2.24, 2.45) is 17.6 Å². The van der Waals surface area contributed by atoms with E-state index in [1.807, 2.05) is 0 Å². The summed E-state index contributed by atoms with van der Waals surface area (Å²) in [6.45, 7) is 7.10. The van der Waals surface area contributed by atoms with Crippen molar-refractivity contribution in [1.29, 1.82) is 0 Å². The standard InChI is InChI=1S/C16H31N3/c1-13-4-3-5-15(10-13)18(2)16(11-17)12-19-8-6-14(16)7-9-19/h13-15H,3-12,17H2,1-2H3. The van der Waals surface area contributed by atoms with E-state index >= 15 is 0 Å². The van der Waals surface area contributed by atoms with E-state index in [9.17, 15) is 0 Å². The smallest absolute Gasteiger partial charge is 0.0487 e. The summed E-state index contributed by atoms with van der Waals surface area (Å²) in [5.41, 5.74) is 6.57. The molecule has 0 aromatic heterocycles. The first-order valence-electron chi connectivity index (χ1n) is 8.31. The number of fused-ring (bicyclic) bond motifs is 3. The van der Waals surface area contributed by atoms with Gasteiger partial charge in [0.15, 0.2) is 0 Å². The Hall–Kier alpha value is -0.120. The van der Waals surface area contributed by atoms with Crippen LogP contribution >= 0.6 is 0 Å². The van der Waals surface area contributed by atoms with E-state index in [0.29, 0.717) is 0 Å². The van der Waals surface area contributed by atoms with Gasteiger partial charge >= 0.3 is 0 Å². The van der Waals surface area contributed by atoms with E-state index in [2.05, 4.69) is 23.8 Å². The molecule has 2 bridgehead atoms. The van der Waals surface area contributed by atoms with Crippen LogP contribution in [-0.2, 0) is 0 Å². The van der Waals surface area contributed by atoms with Gasteiger partial charge in [0.25, 0.3) is 0 Å². The monoisotopic (exact) mass is 265 g/mol. The van der Waals surface area contributed by atoms with Gasteiger partial charge in [-0.1, -0.05) is 19.8 Å². The quantitative estimate of drug-likeness (QED) is 0.846. The van der Waals surface area contributed by atoms with E-state index in [4.69, 9.17) is 5.73 Å². The van der Waals surface area contributed by atoms with Crippen molar-refractivity contribution in [3.63, 3.8) is 0 Å². The first-order chi connectivity index (χ1) is 9.15. The number of hydrogen-bond acceptors (Lipinski definition) is 3. The summed E-state index contributed by atoms with van der Waals surface area (Å²) >= 11 is 0. The summed E-state index contributed by atoms with van der Waals surface area (Å²) in [7, 11) is 2.37. The molecule has 3 heterocycles. The lowest BCUT2D eigenvalue weighted by atomic mass is 9.70. The van der Waals surface area contributed by atoms with Crippen molar-refractivity contribution < 1.29 is 0 Å². The molecule has 4 fully saturated rings. The molecular formula is C16H31N3. The largest absolute Gasteiger partial charge is 0.329 e. The summed E-state index contributed by atoms with van der Waals surface area (Å²) in [6, 6.07) is 0.771. The zero-order valence-electron chi connectivity index (χ0n) is 12.8. The first-order valence-corrected chi connectivity index (χ1v) is 8.31. The molecule has 3 atom stereocenters. The Balaban J connectivity index is 1.77. The minimum atomic E-state index is 0.276. The fraction of sp³-hybridized carbons (Fsp3) is 1.00. The highest BCUT2D eigenvalue weighted by molar-refractivity contribution is 5.07. The Labute approximate surface area is 118 Å². The summed E-state index contributed by atoms with van der Waals surface area (Å²) < 4.78 is 0. The van der Waals surface area contributed by atoms with Gasteiger partial charge in [-0.3, -0.25) is 4.90 Å². The van der Waals surface area contributed by atoms with Crippen LogP contribution in [0, 0.1) is 11.8 Å². The van der Waals surface area contributed by atoms with Gasteiger partial charge in [-0.15, -0.1) is 0 Å². The van der Waals surface area contributed by atoms with Gasteiger partial charge in [0, 0.05) is 24.7 Å². The van der Waals surface area contributed by atoms with Crippen LogP contribution in [0.3, 0.4) is 0 Å². The Kier molecular flexibility index (Phi) is 3.89. The number of hydrogen-bond donors (Lipinski definition) is 1. The fourth-order valence-corrected chi connectivity index (χ4v) is 5.04. The Morgan fingerprint density at radius 1 is 1.21 bits per heavy atom. The number of piperidine rings is 3. The molecule has 4 aliphatic rings. The molecule has 0 aromatic rings. The van der Waals surface area contributed by atoms with Crippen LogP contribution in [0.5, 0.6) is 0 Å². The van der Waals surface area contributed by atoms with Gasteiger partial charge in [0.2, 0.25) is 0 Å². The van der Waals surface area contributed by atoms with Crippen LogP contribution in [0.25, 0.3) is 0 Å². The second kappa shape index (κ2) is 5.34. The predicted octanol–water partition coefficient (Wildman–Crippen LogP) is 1.92. The molecule has 1 aliphatic carbocycles. The van der Waals surface area contributed by atoms with Crippen molar-refractivity contribution in [2.45, 2.75) is 57.0 Å². The number of likely N-dealkylation sites (N-methyl/N-ethyl adjacent to an activating group) is 1. The Morgan fingerprint density at radius 2 is 1.95 bits per heavy atom. The van der Waals surface area contributed by atoms with E-state index in [1.54, 1.807) is 0 Å². The van der Waals surface area contributed by atoms with Crippen molar-refractivity contribution in [2.75, 3.05) is 33.2 Å². The third-order valence-electron chi connectivity index (χ3n) is 6.36. The summed E-state index contributed by atoms with van der Waals surface area (Å²) in [5.74, 6) is 1.74. The summed E-state index contributed by atoms with van der Waals surface area (Å²) in [5, 5.41) is 0. The lowest BCUT2D eigenvalue weighted by molar-refractivity contribution is -0.0806. The molecule has 0 spiro atoms. The summed E-state index contributed by atoms with van der Waals surface area (Å²) in [4.78, 5) is 5.37. The highest BCUT2D eigenvalue weighted by Gasteiger charge is 2.50. The van der Waals surface area contributed by atoms with Crippen LogP contribution in [0.4, 0.5) is 0 Å². The predicted molar refractivity (Wildman–Crippen MR) is 80.1 cm³/mol. The maximum Gasteiger partial charge on any atom is 0.0487 e. The minimum absolute atomic E-state index is 0.276. The molecule has 3 unspecified atom stereocenters. The average Bonchev–Trinajstić information content (AvgIpc) is 2.47. The number of rotatable bonds is 3. The van der Waals surface area contributed by atoms with Gasteiger partial charge < -0.3 is 10.6 Å². The van der Waals surface area contributed by atoms with E-state index in [0.717, 1.165) is 24.4 Å². The van der Waals surface area contributed by atoms with Crippen molar-refractivity contribution in [3.05, 3.63) is 0 Å². The van der Waals surface area contributed by atoms with Gasteiger partial charge in [0.05, 0.1) is 0 Å². The van der Waals surface area contributed by atoms with Crippen LogP contribution in [0.15, 0.2) is 0 Å². The second-order valence-corrected chi connectivity index (χ2v) is 7.39. The topological polar surface area (TPSA) is 32.5 Å². The maximum absolute atomic E-state index is 6.30. The normalized spacial score (nSPS) is 46.7. The highest BCUT2D eigenvalue weighted by atomic mass is 15.3. The Morgan fingerprint density at radius 3 is 2.47 bits per heavy atom. The molecule has 3 nitrogen and oxygen atoms in total. The molecule has 4 rings (SSSR count). The van der Waals surface area contributed by atoms with Crippen LogP contribution in [0.1, 0.15) is 45.4 Å². The minimum Gasteiger partial charge on any atom is -0.329 e. The van der Waals surface area contributed by atoms with Gasteiger partial charge in [-0.2, -0.15) is 0 Å².